The van der Waals surface area contributed by atoms with Crippen molar-refractivity contribution in [3.05, 3.63) is 45.2 Å². The summed E-state index contributed by atoms with van der Waals surface area (Å²) < 4.78 is 31.8. The molecular weight excluding hydrogens is 312 g/mol. The Morgan fingerprint density at radius 2 is 1.95 bits per heavy atom. The van der Waals surface area contributed by atoms with E-state index >= 15 is 0 Å². The van der Waals surface area contributed by atoms with E-state index in [4.69, 9.17) is 4.74 Å². The number of H-pyrrole nitrogens is 1. The van der Waals surface area contributed by atoms with Crippen LogP contribution in [0.5, 0.6) is 5.75 Å². The number of benzene rings is 1. The number of aryl methyl sites for hydroxylation is 1. The molecule has 2 rings (SSSR count). The van der Waals surface area contributed by atoms with Crippen molar-refractivity contribution in [1.82, 2.24) is 9.71 Å². The van der Waals surface area contributed by atoms with Gasteiger partial charge < -0.3 is 9.72 Å². The van der Waals surface area contributed by atoms with Gasteiger partial charge in [0.05, 0.1) is 7.11 Å². The highest BCUT2D eigenvalue weighted by atomic mass is 32.2. The van der Waals surface area contributed by atoms with Crippen LogP contribution in [0, 0.1) is 6.92 Å². The van der Waals surface area contributed by atoms with Crippen molar-refractivity contribution in [2.75, 3.05) is 13.7 Å². The van der Waals surface area contributed by atoms with E-state index in [1.54, 1.807) is 14.0 Å². The summed E-state index contributed by atoms with van der Waals surface area (Å²) in [6.45, 7) is 1.83. The summed E-state index contributed by atoms with van der Waals surface area (Å²) in [5.74, 6) is 0.757. The molecule has 0 aliphatic carbocycles. The van der Waals surface area contributed by atoms with Crippen LogP contribution in [0.4, 0.5) is 0 Å². The minimum absolute atomic E-state index is 0.0437. The number of aromatic amines is 1. The Kier molecular flexibility index (Phi) is 4.81. The molecule has 2 N–H and O–H groups in total. The number of nitrogens with one attached hydrogen (secondary N) is 2. The number of sulfonamides is 1. The normalized spacial score (nSPS) is 11.5. The van der Waals surface area contributed by atoms with Crippen LogP contribution in [-0.2, 0) is 16.4 Å². The molecule has 0 saturated heterocycles. The zero-order chi connectivity index (χ0) is 15.5. The number of aromatic nitrogens is 1. The minimum Gasteiger partial charge on any atom is -0.497 e. The molecule has 21 heavy (non-hydrogen) atoms. The second-order valence-electron chi connectivity index (χ2n) is 4.42. The van der Waals surface area contributed by atoms with Crippen LogP contribution in [-0.4, -0.2) is 27.1 Å². The van der Waals surface area contributed by atoms with Crippen molar-refractivity contribution in [3.8, 4) is 5.75 Å². The van der Waals surface area contributed by atoms with Crippen molar-refractivity contribution in [1.29, 1.82) is 0 Å². The summed E-state index contributed by atoms with van der Waals surface area (Å²) in [7, 11) is -2.05. The average Bonchev–Trinajstić information content (AvgIpc) is 2.79. The van der Waals surface area contributed by atoms with Crippen molar-refractivity contribution in [2.24, 2.45) is 0 Å². The van der Waals surface area contributed by atoms with Crippen LogP contribution in [0.25, 0.3) is 0 Å². The largest absolute Gasteiger partial charge is 0.497 e. The van der Waals surface area contributed by atoms with Gasteiger partial charge in [0.1, 0.15) is 5.75 Å². The highest BCUT2D eigenvalue weighted by molar-refractivity contribution is 7.91. The Hall–Kier alpha value is -1.64. The molecule has 0 bridgehead atoms. The van der Waals surface area contributed by atoms with E-state index in [1.165, 1.54) is 0 Å². The molecule has 114 valence electrons. The third kappa shape index (κ3) is 3.93. The van der Waals surface area contributed by atoms with Crippen molar-refractivity contribution >= 4 is 21.4 Å². The number of ether oxygens (including phenoxy) is 1. The van der Waals surface area contributed by atoms with E-state index < -0.39 is 10.0 Å². The Morgan fingerprint density at radius 1 is 1.29 bits per heavy atom. The Balaban J connectivity index is 1.98. The maximum atomic E-state index is 12.1. The monoisotopic (exact) mass is 328 g/mol. The van der Waals surface area contributed by atoms with E-state index in [2.05, 4.69) is 9.71 Å². The summed E-state index contributed by atoms with van der Waals surface area (Å²) in [6, 6.07) is 7.41. The van der Waals surface area contributed by atoms with Crippen LogP contribution in [0.2, 0.25) is 0 Å². The second-order valence-corrected chi connectivity index (χ2v) is 7.37. The van der Waals surface area contributed by atoms with Crippen molar-refractivity contribution < 1.29 is 13.2 Å². The van der Waals surface area contributed by atoms with E-state index in [0.717, 1.165) is 11.3 Å². The lowest BCUT2D eigenvalue weighted by molar-refractivity contribution is 0.414. The van der Waals surface area contributed by atoms with E-state index in [1.807, 2.05) is 24.3 Å². The molecule has 0 radical (unpaired) electrons. The first-order chi connectivity index (χ1) is 9.92. The lowest BCUT2D eigenvalue weighted by Crippen LogP contribution is -2.25. The zero-order valence-electron chi connectivity index (χ0n) is 11.7. The first-order valence-corrected chi connectivity index (χ1v) is 8.54. The summed E-state index contributed by atoms with van der Waals surface area (Å²) in [5.41, 5.74) is 1.36. The second kappa shape index (κ2) is 6.42. The molecule has 0 saturated carbocycles. The smallest absolute Gasteiger partial charge is 0.305 e. The Bertz CT molecular complexity index is 760. The molecular formula is C13H16N2O4S2. The van der Waals surface area contributed by atoms with Gasteiger partial charge >= 0.3 is 4.87 Å². The summed E-state index contributed by atoms with van der Waals surface area (Å²) in [5, 5.41) is 0. The number of rotatable bonds is 6. The van der Waals surface area contributed by atoms with Crippen molar-refractivity contribution in [3.63, 3.8) is 0 Å². The van der Waals surface area contributed by atoms with Gasteiger partial charge in [-0.1, -0.05) is 23.5 Å². The zero-order valence-corrected chi connectivity index (χ0v) is 13.3. The molecule has 1 heterocycles. The van der Waals surface area contributed by atoms with Gasteiger partial charge in [-0.05, 0) is 31.0 Å². The molecule has 0 unspecified atom stereocenters. The molecule has 0 atom stereocenters. The quantitative estimate of drug-likeness (QED) is 0.836. The van der Waals surface area contributed by atoms with Gasteiger partial charge in [-0.3, -0.25) is 4.79 Å². The van der Waals surface area contributed by atoms with Crippen molar-refractivity contribution in [2.45, 2.75) is 17.6 Å². The fourth-order valence-corrected chi connectivity index (χ4v) is 4.21. The topological polar surface area (TPSA) is 88.3 Å². The van der Waals surface area contributed by atoms with Crippen LogP contribution in [0.1, 0.15) is 11.3 Å². The summed E-state index contributed by atoms with van der Waals surface area (Å²) >= 11 is 0.694. The predicted octanol–water partition coefficient (Wildman–Crippen LogP) is 1.27. The number of thiazole rings is 1. The summed E-state index contributed by atoms with van der Waals surface area (Å²) in [6.07, 6.45) is 0.557. The van der Waals surface area contributed by atoms with Gasteiger partial charge in [-0.2, -0.15) is 0 Å². The third-order valence-corrected chi connectivity index (χ3v) is 5.96. The summed E-state index contributed by atoms with van der Waals surface area (Å²) in [4.78, 5) is 13.3. The van der Waals surface area contributed by atoms with Crippen LogP contribution < -0.4 is 14.3 Å². The highest BCUT2D eigenvalue weighted by Crippen LogP contribution is 2.15. The lowest BCUT2D eigenvalue weighted by Gasteiger charge is -2.06. The molecule has 0 aliphatic heterocycles. The highest BCUT2D eigenvalue weighted by Gasteiger charge is 2.19. The molecule has 0 amide bonds. The SMILES string of the molecule is COc1ccc(CCNS(=O)(=O)c2sc(=O)[nH]c2C)cc1. The van der Waals surface area contributed by atoms with E-state index in [-0.39, 0.29) is 15.6 Å². The molecule has 6 nitrogen and oxygen atoms in total. The minimum atomic E-state index is -3.64. The molecule has 2 aromatic rings. The van der Waals surface area contributed by atoms with Gasteiger partial charge in [0, 0.05) is 12.2 Å². The first kappa shape index (κ1) is 15.7. The van der Waals surface area contributed by atoms with Crippen LogP contribution in [0.15, 0.2) is 33.3 Å². The number of methoxy groups -OCH3 is 1. The number of hydrogen-bond donors (Lipinski definition) is 2. The van der Waals surface area contributed by atoms with Gasteiger partial charge in [-0.15, -0.1) is 0 Å². The van der Waals surface area contributed by atoms with Crippen LogP contribution in [0.3, 0.4) is 0 Å². The molecule has 1 aromatic heterocycles. The fraction of sp³-hybridized carbons (Fsp3) is 0.308. The maximum Gasteiger partial charge on any atom is 0.305 e. The number of hydrogen-bond acceptors (Lipinski definition) is 5. The predicted molar refractivity (Wildman–Crippen MR) is 81.6 cm³/mol. The van der Waals surface area contributed by atoms with Crippen LogP contribution >= 0.6 is 11.3 Å². The third-order valence-electron chi connectivity index (χ3n) is 2.89. The van der Waals surface area contributed by atoms with E-state index in [9.17, 15) is 13.2 Å². The fourth-order valence-electron chi connectivity index (χ4n) is 1.83. The molecule has 0 aliphatic rings. The standard InChI is InChI=1S/C13H16N2O4S2/c1-9-12(20-13(16)15-9)21(17,18)14-8-7-10-3-5-11(19-2)6-4-10/h3-6,14H,7-8H2,1-2H3,(H,15,16). The lowest BCUT2D eigenvalue weighted by atomic mass is 10.1. The van der Waals surface area contributed by atoms with Gasteiger partial charge in [0.2, 0.25) is 0 Å². The van der Waals surface area contributed by atoms with Gasteiger partial charge in [-0.25, -0.2) is 13.1 Å². The molecule has 0 fully saturated rings. The average molecular weight is 328 g/mol. The molecule has 8 heteroatoms. The van der Waals surface area contributed by atoms with Gasteiger partial charge in [0.15, 0.2) is 4.21 Å². The Labute approximate surface area is 126 Å². The molecule has 0 spiro atoms. The van der Waals surface area contributed by atoms with Gasteiger partial charge in [0.25, 0.3) is 10.0 Å². The first-order valence-electron chi connectivity index (χ1n) is 6.24. The Morgan fingerprint density at radius 3 is 2.48 bits per heavy atom. The van der Waals surface area contributed by atoms with E-state index in [0.29, 0.717) is 23.5 Å². The molecule has 1 aromatic carbocycles. The maximum absolute atomic E-state index is 12.1.